The van der Waals surface area contributed by atoms with Crippen LogP contribution in [0.3, 0.4) is 0 Å². The molecule has 1 aliphatic rings. The quantitative estimate of drug-likeness (QED) is 0.500. The summed E-state index contributed by atoms with van der Waals surface area (Å²) in [6.45, 7) is 6.60. The lowest BCUT2D eigenvalue weighted by molar-refractivity contribution is 0.0746. The summed E-state index contributed by atoms with van der Waals surface area (Å²) in [5, 5.41) is 8.98. The summed E-state index contributed by atoms with van der Waals surface area (Å²) in [6, 6.07) is 11.5. The number of H-pyrrole nitrogens is 1. The van der Waals surface area contributed by atoms with Crippen LogP contribution in [-0.4, -0.2) is 56.6 Å². The van der Waals surface area contributed by atoms with E-state index in [1.807, 2.05) is 42.2 Å². The van der Waals surface area contributed by atoms with Gasteiger partial charge in [-0.15, -0.1) is 10.2 Å². The predicted molar refractivity (Wildman–Crippen MR) is 129 cm³/mol. The second-order valence-electron chi connectivity index (χ2n) is 8.39. The maximum atomic E-state index is 13.4. The summed E-state index contributed by atoms with van der Waals surface area (Å²) in [7, 11) is 0. The maximum Gasteiger partial charge on any atom is 0.294 e. The summed E-state index contributed by atoms with van der Waals surface area (Å²) in [5.74, 6) is 0.712. The van der Waals surface area contributed by atoms with Gasteiger partial charge in [0.15, 0.2) is 0 Å². The van der Waals surface area contributed by atoms with Crippen LogP contribution in [0.4, 0.5) is 5.69 Å². The molecule has 9 heteroatoms. The molecule has 8 nitrogen and oxygen atoms in total. The van der Waals surface area contributed by atoms with Crippen molar-refractivity contribution in [1.29, 1.82) is 0 Å². The molecule has 1 saturated heterocycles. The Morgan fingerprint density at radius 1 is 1.12 bits per heavy atom. The second-order valence-corrected chi connectivity index (χ2v) is 8.80. The molecule has 1 aliphatic heterocycles. The van der Waals surface area contributed by atoms with E-state index in [-0.39, 0.29) is 17.1 Å². The van der Waals surface area contributed by atoms with Crippen LogP contribution in [0, 0.1) is 6.92 Å². The van der Waals surface area contributed by atoms with Crippen LogP contribution < -0.4 is 10.5 Å². The van der Waals surface area contributed by atoms with Crippen LogP contribution >= 0.6 is 11.6 Å². The first-order valence-electron chi connectivity index (χ1n) is 11.2. The van der Waals surface area contributed by atoms with Gasteiger partial charge in [0.1, 0.15) is 5.82 Å². The van der Waals surface area contributed by atoms with E-state index in [4.69, 9.17) is 11.6 Å². The normalized spacial score (nSPS) is 14.4. The number of fused-ring (bicyclic) bond motifs is 3. The number of piperazine rings is 1. The molecule has 1 fully saturated rings. The number of anilines is 1. The lowest BCUT2D eigenvalue weighted by Crippen LogP contribution is -2.49. The Balaban J connectivity index is 1.45. The number of hydrogen-bond acceptors (Lipinski definition) is 5. The minimum atomic E-state index is -0.312. The summed E-state index contributed by atoms with van der Waals surface area (Å²) >= 11 is 6.34. The van der Waals surface area contributed by atoms with Gasteiger partial charge in [-0.1, -0.05) is 30.7 Å². The van der Waals surface area contributed by atoms with Gasteiger partial charge in [0.05, 0.1) is 21.7 Å². The number of benzene rings is 2. The first-order valence-corrected chi connectivity index (χ1v) is 11.5. The number of halogens is 1. The number of carbonyl (C=O) groups excluding carboxylic acids is 1. The minimum absolute atomic E-state index is 0.0355. The van der Waals surface area contributed by atoms with Gasteiger partial charge in [0.2, 0.25) is 5.65 Å². The van der Waals surface area contributed by atoms with Gasteiger partial charge in [0, 0.05) is 38.2 Å². The van der Waals surface area contributed by atoms with Crippen LogP contribution in [0.25, 0.3) is 16.7 Å². The molecule has 33 heavy (non-hydrogen) atoms. The molecule has 0 aliphatic carbocycles. The molecule has 0 bridgehead atoms. The fraction of sp³-hybridized carbons (Fsp3) is 0.333. The Hall–Kier alpha value is -3.39. The number of aryl methyl sites for hydroxylation is 2. The smallest absolute Gasteiger partial charge is 0.294 e. The van der Waals surface area contributed by atoms with Crippen molar-refractivity contribution < 1.29 is 4.79 Å². The average Bonchev–Trinajstić information content (AvgIpc) is 3.24. The highest BCUT2D eigenvalue weighted by Crippen LogP contribution is 2.27. The first kappa shape index (κ1) is 21.5. The van der Waals surface area contributed by atoms with Gasteiger partial charge in [-0.05, 0) is 43.2 Å². The third-order valence-electron chi connectivity index (χ3n) is 6.23. The number of aromatic nitrogens is 4. The monoisotopic (exact) mass is 464 g/mol. The van der Waals surface area contributed by atoms with Crippen LogP contribution in [0.15, 0.2) is 41.2 Å². The number of hydrogen-bond donors (Lipinski definition) is 1. The van der Waals surface area contributed by atoms with E-state index in [1.54, 1.807) is 10.5 Å². The van der Waals surface area contributed by atoms with Crippen molar-refractivity contribution in [3.63, 3.8) is 0 Å². The molecule has 0 radical (unpaired) electrons. The zero-order valence-corrected chi connectivity index (χ0v) is 19.4. The van der Waals surface area contributed by atoms with Gasteiger partial charge in [0.25, 0.3) is 11.5 Å². The van der Waals surface area contributed by atoms with Crippen molar-refractivity contribution in [2.45, 2.75) is 26.7 Å². The molecule has 0 saturated carbocycles. The van der Waals surface area contributed by atoms with Crippen molar-refractivity contribution >= 4 is 39.9 Å². The van der Waals surface area contributed by atoms with Crippen molar-refractivity contribution in [1.82, 2.24) is 24.5 Å². The third kappa shape index (κ3) is 3.74. The number of amides is 1. The van der Waals surface area contributed by atoms with Crippen molar-refractivity contribution in [3.8, 4) is 0 Å². The zero-order chi connectivity index (χ0) is 23.1. The van der Waals surface area contributed by atoms with E-state index in [0.29, 0.717) is 42.3 Å². The number of nitrogens with zero attached hydrogens (tertiary/aromatic N) is 5. The Labute approximate surface area is 195 Å². The lowest BCUT2D eigenvalue weighted by Gasteiger charge is -2.36. The van der Waals surface area contributed by atoms with Gasteiger partial charge < -0.3 is 14.8 Å². The van der Waals surface area contributed by atoms with E-state index in [0.717, 1.165) is 35.4 Å². The van der Waals surface area contributed by atoms with Gasteiger partial charge in [-0.25, -0.2) is 0 Å². The van der Waals surface area contributed by atoms with E-state index < -0.39 is 0 Å². The molecular formula is C24H25ClN6O2. The number of rotatable bonds is 4. The Bertz CT molecular complexity index is 1420. The highest BCUT2D eigenvalue weighted by molar-refractivity contribution is 6.33. The van der Waals surface area contributed by atoms with Crippen LogP contribution in [0.1, 0.15) is 35.1 Å². The maximum absolute atomic E-state index is 13.4. The molecule has 0 atom stereocenters. The van der Waals surface area contributed by atoms with Crippen molar-refractivity contribution in [2.24, 2.45) is 0 Å². The number of nitrogens with one attached hydrogen (secondary N) is 1. The molecule has 4 aromatic rings. The highest BCUT2D eigenvalue weighted by atomic mass is 35.5. The third-order valence-corrected chi connectivity index (χ3v) is 6.55. The molecule has 1 amide bonds. The Morgan fingerprint density at radius 2 is 1.88 bits per heavy atom. The van der Waals surface area contributed by atoms with E-state index >= 15 is 0 Å². The second kappa shape index (κ2) is 8.51. The molecule has 2 aromatic carbocycles. The van der Waals surface area contributed by atoms with Crippen molar-refractivity contribution in [3.05, 3.63) is 68.7 Å². The van der Waals surface area contributed by atoms with Crippen LogP contribution in [0.5, 0.6) is 0 Å². The summed E-state index contributed by atoms with van der Waals surface area (Å²) in [4.78, 5) is 32.9. The first-order chi connectivity index (χ1) is 16.0. The fourth-order valence-corrected chi connectivity index (χ4v) is 4.77. The zero-order valence-electron chi connectivity index (χ0n) is 18.6. The van der Waals surface area contributed by atoms with Crippen LogP contribution in [0.2, 0.25) is 5.02 Å². The lowest BCUT2D eigenvalue weighted by atomic mass is 10.1. The molecule has 0 spiro atoms. The summed E-state index contributed by atoms with van der Waals surface area (Å²) in [5.41, 5.74) is 3.81. The molecule has 5 rings (SSSR count). The standard InChI is InChI=1S/C24H25ClN6O2/c1-3-6-21-27-28-22-23(32)26-18-14-16(15(2)13-20(18)31(21)22)24(33)30-11-9-29(10-12-30)19-8-5-4-7-17(19)25/h4-5,7-8,13-14H,3,6,9-12H2,1-2H3,(H,26,32). The summed E-state index contributed by atoms with van der Waals surface area (Å²) in [6.07, 6.45) is 1.61. The number of carbonyl (C=O) groups is 1. The van der Waals surface area contributed by atoms with Crippen molar-refractivity contribution in [2.75, 3.05) is 31.1 Å². The van der Waals surface area contributed by atoms with Crippen LogP contribution in [-0.2, 0) is 6.42 Å². The SMILES string of the molecule is CCCc1nnc2c(=O)[nH]c3cc(C(=O)N4CCN(c5ccccc5Cl)CC4)c(C)cc3n12. The predicted octanol–water partition coefficient (Wildman–Crippen LogP) is 3.45. The highest BCUT2D eigenvalue weighted by Gasteiger charge is 2.25. The van der Waals surface area contributed by atoms with Gasteiger partial charge in [-0.3, -0.25) is 14.0 Å². The largest absolute Gasteiger partial charge is 0.367 e. The van der Waals surface area contributed by atoms with Gasteiger partial charge >= 0.3 is 0 Å². The molecular weight excluding hydrogens is 440 g/mol. The molecule has 170 valence electrons. The Kier molecular flexibility index (Phi) is 5.54. The molecule has 1 N–H and O–H groups in total. The average molecular weight is 465 g/mol. The molecule has 0 unspecified atom stereocenters. The fourth-order valence-electron chi connectivity index (χ4n) is 4.52. The minimum Gasteiger partial charge on any atom is -0.367 e. The van der Waals surface area contributed by atoms with Gasteiger partial charge in [-0.2, -0.15) is 0 Å². The molecule has 3 heterocycles. The number of para-hydroxylation sites is 1. The van der Waals surface area contributed by atoms with E-state index in [1.165, 1.54) is 0 Å². The topological polar surface area (TPSA) is 86.6 Å². The van der Waals surface area contributed by atoms with E-state index in [9.17, 15) is 9.59 Å². The summed E-state index contributed by atoms with van der Waals surface area (Å²) < 4.78 is 1.81. The van der Waals surface area contributed by atoms with E-state index in [2.05, 4.69) is 27.0 Å². The number of aromatic amines is 1. The Morgan fingerprint density at radius 3 is 2.61 bits per heavy atom. The molecule has 2 aromatic heterocycles.